The molecular weight excluding hydrogens is 204 g/mol. The van der Waals surface area contributed by atoms with Crippen LogP contribution in [0.3, 0.4) is 0 Å². The van der Waals surface area contributed by atoms with Crippen molar-refractivity contribution in [1.29, 1.82) is 0 Å². The summed E-state index contributed by atoms with van der Waals surface area (Å²) in [5, 5.41) is 0. The molecule has 0 heterocycles. The maximum absolute atomic E-state index is 11.7. The third kappa shape index (κ3) is 2.83. The fourth-order valence-corrected chi connectivity index (χ4v) is 2.62. The maximum Gasteiger partial charge on any atom is 0.306 e. The van der Waals surface area contributed by atoms with Gasteiger partial charge in [0.1, 0.15) is 5.78 Å². The molecule has 0 spiro atoms. The molecular formula is C13H22O3. The fraction of sp³-hybridized carbons (Fsp3) is 0.846. The quantitative estimate of drug-likeness (QED) is 0.692. The van der Waals surface area contributed by atoms with Crippen molar-refractivity contribution in [1.82, 2.24) is 0 Å². The summed E-state index contributed by atoms with van der Waals surface area (Å²) in [5.41, 5.74) is -0.314. The minimum atomic E-state index is -0.314. The molecule has 0 aromatic rings. The highest BCUT2D eigenvalue weighted by atomic mass is 16.5. The van der Waals surface area contributed by atoms with E-state index in [0.29, 0.717) is 13.0 Å². The van der Waals surface area contributed by atoms with Crippen molar-refractivity contribution in [3.05, 3.63) is 0 Å². The Morgan fingerprint density at radius 3 is 2.62 bits per heavy atom. The van der Waals surface area contributed by atoms with Crippen LogP contribution in [-0.2, 0) is 14.3 Å². The van der Waals surface area contributed by atoms with Gasteiger partial charge in [0.05, 0.1) is 6.61 Å². The van der Waals surface area contributed by atoms with Gasteiger partial charge in [-0.25, -0.2) is 0 Å². The van der Waals surface area contributed by atoms with E-state index in [1.165, 1.54) is 0 Å². The summed E-state index contributed by atoms with van der Waals surface area (Å²) in [6, 6.07) is 0. The molecule has 0 N–H and O–H groups in total. The number of ether oxygens (including phenoxy) is 1. The maximum atomic E-state index is 11.7. The summed E-state index contributed by atoms with van der Waals surface area (Å²) in [4.78, 5) is 23.2. The van der Waals surface area contributed by atoms with Crippen molar-refractivity contribution >= 4 is 11.8 Å². The predicted octanol–water partition coefficient (Wildman–Crippen LogP) is 2.73. The minimum absolute atomic E-state index is 0.165. The van der Waals surface area contributed by atoms with Crippen molar-refractivity contribution in [3.63, 3.8) is 0 Å². The van der Waals surface area contributed by atoms with E-state index in [9.17, 15) is 9.59 Å². The molecule has 92 valence electrons. The Bertz CT molecular complexity index is 272. The number of hydrogen-bond acceptors (Lipinski definition) is 3. The van der Waals surface area contributed by atoms with Crippen LogP contribution in [0, 0.1) is 11.3 Å². The number of rotatable bonds is 4. The Morgan fingerprint density at radius 1 is 1.38 bits per heavy atom. The summed E-state index contributed by atoms with van der Waals surface area (Å²) in [7, 11) is 0. The van der Waals surface area contributed by atoms with Crippen LogP contribution in [0.15, 0.2) is 0 Å². The van der Waals surface area contributed by atoms with E-state index >= 15 is 0 Å². The van der Waals surface area contributed by atoms with E-state index < -0.39 is 0 Å². The van der Waals surface area contributed by atoms with Gasteiger partial charge in [-0.3, -0.25) is 9.59 Å². The van der Waals surface area contributed by atoms with Crippen LogP contribution in [0.25, 0.3) is 0 Å². The third-order valence-corrected chi connectivity index (χ3v) is 3.92. The predicted molar refractivity (Wildman–Crippen MR) is 62.0 cm³/mol. The second kappa shape index (κ2) is 5.46. The average molecular weight is 226 g/mol. The van der Waals surface area contributed by atoms with E-state index in [1.54, 1.807) is 6.92 Å². The number of Topliss-reactive ketones (excluding diaryl/α,β-unsaturated/α-hetero) is 1. The summed E-state index contributed by atoms with van der Waals surface area (Å²) in [6.07, 6.45) is 4.48. The minimum Gasteiger partial charge on any atom is -0.466 e. The van der Waals surface area contributed by atoms with Gasteiger partial charge >= 0.3 is 5.97 Å². The molecule has 1 fully saturated rings. The fourth-order valence-electron chi connectivity index (χ4n) is 2.62. The zero-order valence-electron chi connectivity index (χ0n) is 10.5. The summed E-state index contributed by atoms with van der Waals surface area (Å²) in [6.45, 7) is 5.87. The smallest absolute Gasteiger partial charge is 0.306 e. The van der Waals surface area contributed by atoms with Gasteiger partial charge in [-0.1, -0.05) is 19.8 Å². The Kier molecular flexibility index (Phi) is 4.51. The lowest BCUT2D eigenvalue weighted by atomic mass is 9.64. The first-order valence-electron chi connectivity index (χ1n) is 6.17. The van der Waals surface area contributed by atoms with Gasteiger partial charge in [-0.05, 0) is 32.6 Å². The number of hydrogen-bond donors (Lipinski definition) is 0. The number of esters is 1. The van der Waals surface area contributed by atoms with Gasteiger partial charge in [0.15, 0.2) is 0 Å². The van der Waals surface area contributed by atoms with Crippen LogP contribution < -0.4 is 0 Å². The summed E-state index contributed by atoms with van der Waals surface area (Å²) < 4.78 is 4.97. The second-order valence-corrected chi connectivity index (χ2v) is 4.93. The first kappa shape index (κ1) is 13.2. The molecule has 0 bridgehead atoms. The van der Waals surface area contributed by atoms with Gasteiger partial charge in [0.2, 0.25) is 0 Å². The Morgan fingerprint density at radius 2 is 2.06 bits per heavy atom. The van der Waals surface area contributed by atoms with Crippen molar-refractivity contribution in [2.45, 2.75) is 52.9 Å². The number of carbonyl (C=O) groups excluding carboxylic acids is 2. The molecule has 1 aliphatic rings. The number of carbonyl (C=O) groups is 2. The van der Waals surface area contributed by atoms with Gasteiger partial charge in [-0.2, -0.15) is 0 Å². The van der Waals surface area contributed by atoms with Crippen LogP contribution in [0.1, 0.15) is 52.9 Å². The lowest BCUT2D eigenvalue weighted by molar-refractivity contribution is -0.147. The summed E-state index contributed by atoms with van der Waals surface area (Å²) >= 11 is 0. The molecule has 0 aromatic carbocycles. The highest BCUT2D eigenvalue weighted by molar-refractivity contribution is 5.83. The summed E-state index contributed by atoms with van der Waals surface area (Å²) in [5.74, 6) is 0.209. The first-order valence-corrected chi connectivity index (χ1v) is 6.17. The molecule has 1 rings (SSSR count). The van der Waals surface area contributed by atoms with Crippen LogP contribution in [0.2, 0.25) is 0 Å². The van der Waals surface area contributed by atoms with Crippen LogP contribution in [0.4, 0.5) is 0 Å². The van der Waals surface area contributed by atoms with E-state index in [0.717, 1.165) is 25.7 Å². The molecule has 0 unspecified atom stereocenters. The second-order valence-electron chi connectivity index (χ2n) is 4.93. The number of ketones is 1. The zero-order chi connectivity index (χ0) is 12.2. The third-order valence-electron chi connectivity index (χ3n) is 3.92. The molecule has 2 atom stereocenters. The normalized spacial score (nSPS) is 29.8. The van der Waals surface area contributed by atoms with Crippen molar-refractivity contribution < 1.29 is 14.3 Å². The van der Waals surface area contributed by atoms with E-state index in [2.05, 4.69) is 0 Å². The highest BCUT2D eigenvalue weighted by Gasteiger charge is 2.41. The van der Waals surface area contributed by atoms with Crippen molar-refractivity contribution in [3.8, 4) is 0 Å². The molecule has 0 radical (unpaired) electrons. The molecule has 16 heavy (non-hydrogen) atoms. The molecule has 3 heteroatoms. The lowest BCUT2D eigenvalue weighted by Crippen LogP contribution is -2.38. The lowest BCUT2D eigenvalue weighted by Gasteiger charge is -2.39. The van der Waals surface area contributed by atoms with Crippen molar-refractivity contribution in [2.24, 2.45) is 11.3 Å². The van der Waals surface area contributed by atoms with E-state index in [4.69, 9.17) is 4.74 Å². The largest absolute Gasteiger partial charge is 0.466 e. The Labute approximate surface area is 97.5 Å². The molecule has 1 aliphatic carbocycles. The van der Waals surface area contributed by atoms with Crippen molar-refractivity contribution in [2.75, 3.05) is 6.61 Å². The van der Waals surface area contributed by atoms with Gasteiger partial charge < -0.3 is 4.74 Å². The Balaban J connectivity index is 2.67. The van der Waals surface area contributed by atoms with Gasteiger partial charge in [0, 0.05) is 11.8 Å². The molecule has 1 saturated carbocycles. The van der Waals surface area contributed by atoms with Gasteiger partial charge in [0.25, 0.3) is 0 Å². The monoisotopic (exact) mass is 226 g/mol. The highest BCUT2D eigenvalue weighted by Crippen LogP contribution is 2.43. The average Bonchev–Trinajstić information content (AvgIpc) is 2.21. The van der Waals surface area contributed by atoms with E-state index in [1.807, 2.05) is 13.8 Å². The molecule has 3 nitrogen and oxygen atoms in total. The molecule has 0 aromatic heterocycles. The van der Waals surface area contributed by atoms with Crippen LogP contribution >= 0.6 is 0 Å². The van der Waals surface area contributed by atoms with E-state index in [-0.39, 0.29) is 23.1 Å². The SMILES string of the molecule is CCOC(=O)C[C@@H]1CCCC[C@@]1(C)C(C)=O. The molecule has 0 amide bonds. The van der Waals surface area contributed by atoms with Crippen LogP contribution in [0.5, 0.6) is 0 Å². The zero-order valence-corrected chi connectivity index (χ0v) is 10.5. The van der Waals surface area contributed by atoms with Gasteiger partial charge in [-0.15, -0.1) is 0 Å². The Hall–Kier alpha value is -0.860. The standard InChI is InChI=1S/C13H22O3/c1-4-16-12(15)9-11-7-5-6-8-13(11,3)10(2)14/h11H,4-9H2,1-3H3/t11-,13-/m0/s1. The molecule has 0 aliphatic heterocycles. The van der Waals surface area contributed by atoms with Crippen LogP contribution in [-0.4, -0.2) is 18.4 Å². The first-order chi connectivity index (χ1) is 7.50. The topological polar surface area (TPSA) is 43.4 Å². The molecule has 0 saturated heterocycles.